The van der Waals surface area contributed by atoms with Crippen molar-refractivity contribution in [2.24, 2.45) is 0 Å². The highest BCUT2D eigenvalue weighted by Gasteiger charge is 1.83. The second kappa shape index (κ2) is 1.79. The van der Waals surface area contributed by atoms with Crippen molar-refractivity contribution in [3.8, 4) is 0 Å². The summed E-state index contributed by atoms with van der Waals surface area (Å²) in [5.74, 6) is 0. The van der Waals surface area contributed by atoms with Crippen LogP contribution in [0.5, 0.6) is 0 Å². The van der Waals surface area contributed by atoms with Crippen LogP contribution in [0.25, 0.3) is 0 Å². The number of thiocarbonyl (C=S) groups is 1. The van der Waals surface area contributed by atoms with Gasteiger partial charge in [0.1, 0.15) is 5.69 Å². The van der Waals surface area contributed by atoms with Crippen LogP contribution in [0, 0.1) is 0 Å². The quantitative estimate of drug-likeness (QED) is 0.521. The van der Waals surface area contributed by atoms with Crippen molar-refractivity contribution in [1.29, 1.82) is 0 Å². The third-order valence-corrected chi connectivity index (χ3v) is 0.730. The first-order valence-electron chi connectivity index (χ1n) is 1.68. The van der Waals surface area contributed by atoms with Crippen LogP contribution in [0.3, 0.4) is 0 Å². The minimum absolute atomic E-state index is 0.579. The van der Waals surface area contributed by atoms with E-state index < -0.39 is 0 Å². The van der Waals surface area contributed by atoms with Crippen molar-refractivity contribution in [3.05, 3.63) is 11.9 Å². The summed E-state index contributed by atoms with van der Waals surface area (Å²) in [5, 5.41) is 11.8. The minimum atomic E-state index is 0.579. The lowest BCUT2D eigenvalue weighted by atomic mass is 10.6. The smallest absolute Gasteiger partial charge is 0.125 e. The van der Waals surface area contributed by atoms with Crippen LogP contribution < -0.4 is 0 Å². The molecule has 7 heavy (non-hydrogen) atoms. The molecule has 1 aromatic heterocycles. The fraction of sp³-hybridized carbons (Fsp3) is 0. The molecule has 0 fully saturated rings. The number of aromatic nitrogens is 3. The van der Waals surface area contributed by atoms with Crippen LogP contribution in [-0.2, 0) is 0 Å². The molecule has 4 heteroatoms. The third-order valence-electron chi connectivity index (χ3n) is 0.521. The van der Waals surface area contributed by atoms with Gasteiger partial charge in [0.15, 0.2) is 0 Å². The fourth-order valence-corrected chi connectivity index (χ4v) is 0.351. The second-order valence-electron chi connectivity index (χ2n) is 0.961. The van der Waals surface area contributed by atoms with Crippen LogP contribution >= 0.6 is 12.2 Å². The van der Waals surface area contributed by atoms with E-state index >= 15 is 0 Å². The van der Waals surface area contributed by atoms with Crippen LogP contribution in [0.15, 0.2) is 6.20 Å². The number of nitrogens with zero attached hydrogens (tertiary/aromatic N) is 2. The average Bonchev–Trinajstić information content (AvgIpc) is 2.14. The average molecular weight is 112 g/mol. The Balaban J connectivity index is 2.96. The molecule has 0 saturated heterocycles. The van der Waals surface area contributed by atoms with Crippen molar-refractivity contribution in [2.75, 3.05) is 0 Å². The van der Waals surface area contributed by atoms with E-state index in [0.29, 0.717) is 5.69 Å². The lowest BCUT2D eigenvalue weighted by molar-refractivity contribution is 0.938. The van der Waals surface area contributed by atoms with Crippen LogP contribution in [0.4, 0.5) is 0 Å². The molecular formula is C3H2N3S. The maximum absolute atomic E-state index is 4.40. The van der Waals surface area contributed by atoms with E-state index in [2.05, 4.69) is 33.0 Å². The molecule has 0 unspecified atom stereocenters. The Bertz CT molecular complexity index is 145. The number of H-pyrrole nitrogens is 1. The predicted octanol–water partition coefficient (Wildman–Crippen LogP) is 0.0295. The molecule has 0 aliphatic carbocycles. The van der Waals surface area contributed by atoms with E-state index in [4.69, 9.17) is 0 Å². The van der Waals surface area contributed by atoms with Gasteiger partial charge in [0, 0.05) is 0 Å². The second-order valence-corrected chi connectivity index (χ2v) is 1.16. The zero-order valence-electron chi connectivity index (χ0n) is 3.38. The molecular weight excluding hydrogens is 110 g/mol. The Morgan fingerprint density at radius 2 is 2.71 bits per heavy atom. The molecule has 0 saturated carbocycles. The molecule has 1 rings (SSSR count). The van der Waals surface area contributed by atoms with Crippen molar-refractivity contribution >= 4 is 17.6 Å². The van der Waals surface area contributed by atoms with Gasteiger partial charge in [-0.25, -0.2) is 0 Å². The molecule has 35 valence electrons. The van der Waals surface area contributed by atoms with Crippen LogP contribution in [-0.4, -0.2) is 20.8 Å². The molecule has 3 nitrogen and oxygen atoms in total. The van der Waals surface area contributed by atoms with E-state index in [0.717, 1.165) is 0 Å². The highest BCUT2D eigenvalue weighted by Crippen LogP contribution is 1.78. The van der Waals surface area contributed by atoms with Crippen LogP contribution in [0.2, 0.25) is 0 Å². The maximum Gasteiger partial charge on any atom is 0.125 e. The van der Waals surface area contributed by atoms with Gasteiger partial charge in [-0.15, -0.1) is 5.10 Å². The molecule has 1 heterocycles. The van der Waals surface area contributed by atoms with Gasteiger partial charge in [0.25, 0.3) is 0 Å². The maximum atomic E-state index is 4.40. The van der Waals surface area contributed by atoms with Crippen molar-refractivity contribution in [2.45, 2.75) is 0 Å². The summed E-state index contributed by atoms with van der Waals surface area (Å²) in [4.78, 5) is 0. The first-order valence-corrected chi connectivity index (χ1v) is 2.09. The van der Waals surface area contributed by atoms with Gasteiger partial charge in [-0.2, -0.15) is 0 Å². The Morgan fingerprint density at radius 1 is 1.86 bits per heavy atom. The van der Waals surface area contributed by atoms with Gasteiger partial charge in [-0.05, 0) is 0 Å². The minimum Gasteiger partial charge on any atom is -0.265 e. The monoisotopic (exact) mass is 112 g/mol. The van der Waals surface area contributed by atoms with Gasteiger partial charge in [0.2, 0.25) is 0 Å². The lowest BCUT2D eigenvalue weighted by Gasteiger charge is -1.63. The normalized spacial score (nSPS) is 8.57. The number of aromatic amines is 1. The Kier molecular flexibility index (Phi) is 1.12. The highest BCUT2D eigenvalue weighted by atomic mass is 32.1. The molecule has 0 amide bonds. The van der Waals surface area contributed by atoms with Crippen molar-refractivity contribution in [3.63, 3.8) is 0 Å². The Morgan fingerprint density at radius 3 is 3.00 bits per heavy atom. The van der Waals surface area contributed by atoms with E-state index in [1.807, 2.05) is 0 Å². The van der Waals surface area contributed by atoms with Crippen LogP contribution in [0.1, 0.15) is 5.69 Å². The molecule has 0 spiro atoms. The fourth-order valence-electron chi connectivity index (χ4n) is 0.251. The summed E-state index contributed by atoms with van der Waals surface area (Å²) in [5.41, 5.74) is 0.579. The summed E-state index contributed by atoms with van der Waals surface area (Å²) in [7, 11) is 0. The topological polar surface area (TPSA) is 41.6 Å². The van der Waals surface area contributed by atoms with Gasteiger partial charge >= 0.3 is 0 Å². The summed E-state index contributed by atoms with van der Waals surface area (Å²) in [6.07, 6.45) is 1.58. The first-order chi connectivity index (χ1) is 3.43. The van der Waals surface area contributed by atoms with E-state index in [1.165, 1.54) is 0 Å². The van der Waals surface area contributed by atoms with E-state index in [1.54, 1.807) is 6.20 Å². The highest BCUT2D eigenvalue weighted by molar-refractivity contribution is 7.79. The Hall–Kier alpha value is -0.770. The molecule has 0 bridgehead atoms. The summed E-state index contributed by atoms with van der Waals surface area (Å²) < 4.78 is 0. The van der Waals surface area contributed by atoms with Crippen molar-refractivity contribution < 1.29 is 0 Å². The lowest BCUT2D eigenvalue weighted by Crippen LogP contribution is -1.74. The number of rotatable bonds is 1. The number of hydrogen-bond donors (Lipinski definition) is 1. The largest absolute Gasteiger partial charge is 0.265 e. The number of nitrogens with one attached hydrogen (secondary N) is 1. The molecule has 0 aliphatic rings. The molecule has 1 radical (unpaired) electrons. The molecule has 0 atom stereocenters. The van der Waals surface area contributed by atoms with E-state index in [9.17, 15) is 0 Å². The summed E-state index contributed by atoms with van der Waals surface area (Å²) in [6.45, 7) is 0. The standard InChI is InChI=1S/C3H2N3S/c7-2-3-1-4-6-5-3/h1H,(H,4,5,6). The predicted molar refractivity (Wildman–Crippen MR) is 28.1 cm³/mol. The van der Waals surface area contributed by atoms with Gasteiger partial charge in [-0.3, -0.25) is 5.10 Å². The zero-order chi connectivity index (χ0) is 5.11. The first kappa shape index (κ1) is 4.39. The summed E-state index contributed by atoms with van der Waals surface area (Å²) in [6, 6.07) is 0. The SMILES string of the molecule is S=[C]c1c[nH]nn1. The van der Waals surface area contributed by atoms with Gasteiger partial charge < -0.3 is 0 Å². The zero-order valence-corrected chi connectivity index (χ0v) is 4.20. The van der Waals surface area contributed by atoms with Gasteiger partial charge in [-0.1, -0.05) is 17.4 Å². The van der Waals surface area contributed by atoms with Crippen molar-refractivity contribution in [1.82, 2.24) is 15.4 Å². The molecule has 1 aromatic rings. The Labute approximate surface area is 45.7 Å². The number of hydrogen-bond acceptors (Lipinski definition) is 3. The van der Waals surface area contributed by atoms with E-state index in [-0.39, 0.29) is 0 Å². The molecule has 0 aliphatic heterocycles. The van der Waals surface area contributed by atoms with Gasteiger partial charge in [0.05, 0.1) is 11.6 Å². The summed E-state index contributed by atoms with van der Waals surface area (Å²) >= 11 is 4.40. The molecule has 1 N–H and O–H groups in total. The molecule has 0 aromatic carbocycles. The third kappa shape index (κ3) is 0.806.